The van der Waals surface area contributed by atoms with Crippen LogP contribution in [0.1, 0.15) is 11.7 Å². The highest BCUT2D eigenvalue weighted by Crippen LogP contribution is 2.20. The molecule has 0 fully saturated rings. The van der Waals surface area contributed by atoms with Gasteiger partial charge in [-0.05, 0) is 6.07 Å². The molecule has 4 nitrogen and oxygen atoms in total. The molecule has 1 rings (SSSR count). The Kier molecular flexibility index (Phi) is 3.76. The van der Waals surface area contributed by atoms with E-state index in [9.17, 15) is 19.4 Å². The Balaban J connectivity index is 2.89. The van der Waals surface area contributed by atoms with E-state index in [1.54, 1.807) is 0 Å². The minimum absolute atomic E-state index is 0.143. The van der Waals surface area contributed by atoms with Crippen molar-refractivity contribution < 1.29 is 24.1 Å². The first-order chi connectivity index (χ1) is 7.07. The van der Waals surface area contributed by atoms with Crippen molar-refractivity contribution in [3.8, 4) is 0 Å². The fraction of sp³-hybridized carbons (Fsp3) is 0.300. The van der Waals surface area contributed by atoms with E-state index in [4.69, 9.17) is 0 Å². The SMILES string of the molecule is COC(=O)[C@H](O)[C@H](O)c1ccccc1F. The van der Waals surface area contributed by atoms with Crippen LogP contribution in [0.2, 0.25) is 0 Å². The summed E-state index contributed by atoms with van der Waals surface area (Å²) in [6.07, 6.45) is -3.41. The highest BCUT2D eigenvalue weighted by Gasteiger charge is 2.28. The molecule has 0 saturated carbocycles. The van der Waals surface area contributed by atoms with Gasteiger partial charge in [-0.2, -0.15) is 0 Å². The third kappa shape index (κ3) is 2.51. The van der Waals surface area contributed by atoms with Crippen LogP contribution in [0, 0.1) is 5.82 Å². The minimum atomic E-state index is -1.79. The predicted molar refractivity (Wildman–Crippen MR) is 49.4 cm³/mol. The molecule has 0 aliphatic carbocycles. The number of esters is 1. The number of halogens is 1. The lowest BCUT2D eigenvalue weighted by Gasteiger charge is -2.16. The van der Waals surface area contributed by atoms with Gasteiger partial charge in [0.15, 0.2) is 6.10 Å². The summed E-state index contributed by atoms with van der Waals surface area (Å²) in [5.74, 6) is -1.70. The summed E-state index contributed by atoms with van der Waals surface area (Å²) in [4.78, 5) is 10.9. The van der Waals surface area contributed by atoms with Gasteiger partial charge in [-0.15, -0.1) is 0 Å². The number of carbonyl (C=O) groups excluding carboxylic acids is 1. The van der Waals surface area contributed by atoms with Gasteiger partial charge in [0, 0.05) is 5.56 Å². The van der Waals surface area contributed by atoms with Crippen molar-refractivity contribution >= 4 is 5.97 Å². The largest absolute Gasteiger partial charge is 0.467 e. The van der Waals surface area contributed by atoms with E-state index in [0.29, 0.717) is 0 Å². The van der Waals surface area contributed by atoms with Gasteiger partial charge in [-0.3, -0.25) is 0 Å². The second kappa shape index (κ2) is 4.86. The summed E-state index contributed by atoms with van der Waals surface area (Å²) in [5.41, 5.74) is -0.143. The van der Waals surface area contributed by atoms with Crippen molar-refractivity contribution in [2.45, 2.75) is 12.2 Å². The quantitative estimate of drug-likeness (QED) is 0.714. The Labute approximate surface area is 85.9 Å². The standard InChI is InChI=1S/C10H11FO4/c1-15-10(14)9(13)8(12)6-4-2-3-5-7(6)11/h2-5,8-9,12-13H,1H3/t8-,9-/m1/s1. The van der Waals surface area contributed by atoms with Crippen molar-refractivity contribution in [1.82, 2.24) is 0 Å². The number of carbonyl (C=O) groups is 1. The minimum Gasteiger partial charge on any atom is -0.467 e. The summed E-state index contributed by atoms with van der Waals surface area (Å²) in [6.45, 7) is 0. The fourth-order valence-corrected chi connectivity index (χ4v) is 1.13. The van der Waals surface area contributed by atoms with Gasteiger partial charge in [-0.1, -0.05) is 18.2 Å². The zero-order chi connectivity index (χ0) is 11.4. The number of rotatable bonds is 3. The van der Waals surface area contributed by atoms with Gasteiger partial charge in [0.1, 0.15) is 11.9 Å². The molecule has 0 amide bonds. The van der Waals surface area contributed by atoms with E-state index in [1.165, 1.54) is 18.2 Å². The van der Waals surface area contributed by atoms with Crippen molar-refractivity contribution in [1.29, 1.82) is 0 Å². The normalized spacial score (nSPS) is 14.4. The monoisotopic (exact) mass is 214 g/mol. The smallest absolute Gasteiger partial charge is 0.337 e. The summed E-state index contributed by atoms with van der Waals surface area (Å²) in [6, 6.07) is 5.34. The number of aliphatic hydroxyl groups excluding tert-OH is 2. The molecule has 5 heteroatoms. The summed E-state index contributed by atoms with van der Waals surface area (Å²) in [5, 5.41) is 18.8. The van der Waals surface area contributed by atoms with E-state index >= 15 is 0 Å². The first kappa shape index (κ1) is 11.6. The molecule has 1 aromatic rings. The van der Waals surface area contributed by atoms with Gasteiger partial charge in [-0.25, -0.2) is 9.18 Å². The van der Waals surface area contributed by atoms with Crippen molar-refractivity contribution in [2.24, 2.45) is 0 Å². The molecule has 1 aromatic carbocycles. The second-order valence-corrected chi connectivity index (χ2v) is 2.93. The van der Waals surface area contributed by atoms with Gasteiger partial charge in [0.05, 0.1) is 7.11 Å². The molecular formula is C10H11FO4. The lowest BCUT2D eigenvalue weighted by Crippen LogP contribution is -2.29. The summed E-state index contributed by atoms with van der Waals surface area (Å²) < 4.78 is 17.4. The third-order valence-corrected chi connectivity index (χ3v) is 1.97. The number of ether oxygens (including phenoxy) is 1. The molecule has 0 unspecified atom stereocenters. The van der Waals surface area contributed by atoms with Gasteiger partial charge >= 0.3 is 5.97 Å². The molecule has 0 radical (unpaired) electrons. The topological polar surface area (TPSA) is 66.8 Å². The number of benzene rings is 1. The molecule has 0 aliphatic heterocycles. The Morgan fingerprint density at radius 2 is 2.00 bits per heavy atom. The van der Waals surface area contributed by atoms with E-state index in [0.717, 1.165) is 13.2 Å². The zero-order valence-corrected chi connectivity index (χ0v) is 8.05. The molecule has 2 atom stereocenters. The number of hydrogen-bond acceptors (Lipinski definition) is 4. The van der Waals surface area contributed by atoms with E-state index in [2.05, 4.69) is 4.74 Å². The number of hydrogen-bond donors (Lipinski definition) is 2. The zero-order valence-electron chi connectivity index (χ0n) is 8.05. The molecule has 82 valence electrons. The average Bonchev–Trinajstić information content (AvgIpc) is 2.26. The van der Waals surface area contributed by atoms with Crippen LogP contribution < -0.4 is 0 Å². The first-order valence-electron chi connectivity index (χ1n) is 4.26. The Morgan fingerprint density at radius 1 is 1.40 bits per heavy atom. The molecule has 0 bridgehead atoms. The number of aliphatic hydroxyl groups is 2. The molecule has 0 aromatic heterocycles. The van der Waals surface area contributed by atoms with Gasteiger partial charge in [0.25, 0.3) is 0 Å². The lowest BCUT2D eigenvalue weighted by molar-refractivity contribution is -0.156. The van der Waals surface area contributed by atoms with Crippen LogP contribution in [-0.4, -0.2) is 29.4 Å². The molecule has 0 heterocycles. The maximum absolute atomic E-state index is 13.1. The van der Waals surface area contributed by atoms with Gasteiger partial charge < -0.3 is 14.9 Å². The highest BCUT2D eigenvalue weighted by molar-refractivity contribution is 5.75. The average molecular weight is 214 g/mol. The number of methoxy groups -OCH3 is 1. The van der Waals surface area contributed by atoms with Crippen molar-refractivity contribution in [2.75, 3.05) is 7.11 Å². The van der Waals surface area contributed by atoms with Crippen LogP contribution in [0.25, 0.3) is 0 Å². The fourth-order valence-electron chi connectivity index (χ4n) is 1.13. The van der Waals surface area contributed by atoms with Crippen LogP contribution in [0.3, 0.4) is 0 Å². The maximum Gasteiger partial charge on any atom is 0.337 e. The highest BCUT2D eigenvalue weighted by atomic mass is 19.1. The maximum atomic E-state index is 13.1. The van der Waals surface area contributed by atoms with Crippen LogP contribution in [-0.2, 0) is 9.53 Å². The van der Waals surface area contributed by atoms with Crippen LogP contribution in [0.15, 0.2) is 24.3 Å². The van der Waals surface area contributed by atoms with E-state index in [-0.39, 0.29) is 5.56 Å². The molecule has 2 N–H and O–H groups in total. The first-order valence-corrected chi connectivity index (χ1v) is 4.26. The molecule has 0 saturated heterocycles. The molecular weight excluding hydrogens is 203 g/mol. The van der Waals surface area contributed by atoms with Crippen molar-refractivity contribution in [3.05, 3.63) is 35.6 Å². The lowest BCUT2D eigenvalue weighted by atomic mass is 10.0. The van der Waals surface area contributed by atoms with Gasteiger partial charge in [0.2, 0.25) is 0 Å². The second-order valence-electron chi connectivity index (χ2n) is 2.93. The van der Waals surface area contributed by atoms with E-state index < -0.39 is 24.0 Å². The Bertz CT molecular complexity index is 353. The Morgan fingerprint density at radius 3 is 2.53 bits per heavy atom. The van der Waals surface area contributed by atoms with Crippen LogP contribution in [0.4, 0.5) is 4.39 Å². The summed E-state index contributed by atoms with van der Waals surface area (Å²) >= 11 is 0. The summed E-state index contributed by atoms with van der Waals surface area (Å²) in [7, 11) is 1.07. The third-order valence-electron chi connectivity index (χ3n) is 1.97. The predicted octanol–water partition coefficient (Wildman–Crippen LogP) is 0.393. The molecule has 15 heavy (non-hydrogen) atoms. The molecule has 0 spiro atoms. The van der Waals surface area contributed by atoms with Crippen molar-refractivity contribution in [3.63, 3.8) is 0 Å². The van der Waals surface area contributed by atoms with E-state index in [1.807, 2.05) is 0 Å². The van der Waals surface area contributed by atoms with Crippen LogP contribution in [0.5, 0.6) is 0 Å². The van der Waals surface area contributed by atoms with Crippen LogP contribution >= 0.6 is 0 Å². The Hall–Kier alpha value is -1.46. The molecule has 0 aliphatic rings.